The van der Waals surface area contributed by atoms with Gasteiger partial charge in [-0.1, -0.05) is 36.0 Å². The maximum absolute atomic E-state index is 6.26. The summed E-state index contributed by atoms with van der Waals surface area (Å²) in [7, 11) is 1.92. The van der Waals surface area contributed by atoms with Crippen molar-refractivity contribution < 1.29 is 4.74 Å². The van der Waals surface area contributed by atoms with Crippen LogP contribution in [0.3, 0.4) is 0 Å². The second kappa shape index (κ2) is 6.04. The van der Waals surface area contributed by atoms with Gasteiger partial charge < -0.3 is 14.5 Å². The van der Waals surface area contributed by atoms with Gasteiger partial charge >= 0.3 is 0 Å². The Hall–Kier alpha value is -1.49. The van der Waals surface area contributed by atoms with Crippen LogP contribution in [0.1, 0.15) is 12.8 Å². The number of benzene rings is 2. The third kappa shape index (κ3) is 2.50. The van der Waals surface area contributed by atoms with Gasteiger partial charge in [0.1, 0.15) is 5.60 Å². The fourth-order valence-electron chi connectivity index (χ4n) is 4.82. The van der Waals surface area contributed by atoms with Crippen molar-refractivity contribution in [3.8, 4) is 0 Å². The molecule has 0 amide bonds. The Kier molecular flexibility index (Phi) is 3.81. The minimum absolute atomic E-state index is 0.0707. The predicted octanol–water partition coefficient (Wildman–Crippen LogP) is 4.40. The summed E-state index contributed by atoms with van der Waals surface area (Å²) in [6.07, 6.45) is 2.53. The summed E-state index contributed by atoms with van der Waals surface area (Å²) >= 11 is 1.88. The Morgan fingerprint density at radius 1 is 1.00 bits per heavy atom. The highest BCUT2D eigenvalue weighted by molar-refractivity contribution is 7.99. The van der Waals surface area contributed by atoms with Crippen LogP contribution in [0.5, 0.6) is 0 Å². The van der Waals surface area contributed by atoms with Crippen LogP contribution in [0.4, 0.5) is 11.4 Å². The van der Waals surface area contributed by atoms with Crippen LogP contribution in [0.25, 0.3) is 0 Å². The lowest BCUT2D eigenvalue weighted by Gasteiger charge is -2.54. The fraction of sp³-hybridized carbons (Fsp3) is 0.429. The molecule has 0 N–H and O–H groups in total. The molecular weight excluding hydrogens is 328 g/mol. The smallest absolute Gasteiger partial charge is 0.101 e. The first kappa shape index (κ1) is 15.7. The molecule has 2 aromatic carbocycles. The van der Waals surface area contributed by atoms with E-state index in [-0.39, 0.29) is 5.60 Å². The summed E-state index contributed by atoms with van der Waals surface area (Å²) in [6, 6.07) is 17.5. The van der Waals surface area contributed by atoms with E-state index in [0.29, 0.717) is 5.92 Å². The second-order valence-corrected chi connectivity index (χ2v) is 8.53. The summed E-state index contributed by atoms with van der Waals surface area (Å²) in [6.45, 7) is 4.46. The van der Waals surface area contributed by atoms with Crippen molar-refractivity contribution >= 4 is 23.1 Å². The molecule has 4 heteroatoms. The van der Waals surface area contributed by atoms with E-state index in [1.54, 1.807) is 0 Å². The average molecular weight is 353 g/mol. The van der Waals surface area contributed by atoms with Gasteiger partial charge in [0.05, 0.1) is 17.9 Å². The number of piperidine rings is 3. The lowest BCUT2D eigenvalue weighted by Crippen LogP contribution is -2.64. The Bertz CT molecular complexity index is 741. The molecular formula is C21H24N2OS. The summed E-state index contributed by atoms with van der Waals surface area (Å²) in [5, 5.41) is 0. The van der Waals surface area contributed by atoms with Gasteiger partial charge in [0.15, 0.2) is 0 Å². The molecule has 130 valence electrons. The van der Waals surface area contributed by atoms with E-state index in [4.69, 9.17) is 4.74 Å². The maximum Gasteiger partial charge on any atom is 0.101 e. The fourth-order valence-corrected chi connectivity index (χ4v) is 5.91. The van der Waals surface area contributed by atoms with Crippen LogP contribution in [0.15, 0.2) is 58.3 Å². The number of para-hydroxylation sites is 2. The zero-order valence-corrected chi connectivity index (χ0v) is 15.5. The minimum Gasteiger partial charge on any atom is -0.375 e. The molecule has 6 rings (SSSR count). The molecule has 4 heterocycles. The standard InChI is InChI=1S/C21H24N2OS/c1-24-21(14-22-12-10-16(21)11-13-22)15-23-17-6-2-4-8-19(17)25-20-9-5-3-7-18(20)23/h2-9,16H,10-15H2,1H3. The van der Waals surface area contributed by atoms with E-state index in [2.05, 4.69) is 58.3 Å². The van der Waals surface area contributed by atoms with Crippen LogP contribution in [-0.4, -0.2) is 43.8 Å². The van der Waals surface area contributed by atoms with E-state index in [0.717, 1.165) is 13.1 Å². The molecule has 1 atom stereocenters. The molecule has 0 saturated carbocycles. The van der Waals surface area contributed by atoms with Crippen LogP contribution >= 0.6 is 11.8 Å². The summed E-state index contributed by atoms with van der Waals surface area (Å²) in [4.78, 5) is 7.77. The molecule has 3 fully saturated rings. The molecule has 4 aliphatic heterocycles. The molecule has 3 nitrogen and oxygen atoms in total. The molecule has 0 aliphatic carbocycles. The van der Waals surface area contributed by atoms with Gasteiger partial charge in [-0.15, -0.1) is 0 Å². The molecule has 2 bridgehead atoms. The highest BCUT2D eigenvalue weighted by Gasteiger charge is 2.48. The molecule has 2 aromatic rings. The largest absolute Gasteiger partial charge is 0.375 e. The molecule has 1 unspecified atom stereocenters. The number of hydrogen-bond acceptors (Lipinski definition) is 4. The van der Waals surface area contributed by atoms with Crippen molar-refractivity contribution in [3.05, 3.63) is 48.5 Å². The van der Waals surface area contributed by atoms with Crippen molar-refractivity contribution in [1.82, 2.24) is 4.90 Å². The van der Waals surface area contributed by atoms with Gasteiger partial charge in [-0.2, -0.15) is 0 Å². The quantitative estimate of drug-likeness (QED) is 0.813. The Labute approximate surface area is 154 Å². The first-order valence-electron chi connectivity index (χ1n) is 9.20. The highest BCUT2D eigenvalue weighted by atomic mass is 32.2. The molecule has 0 spiro atoms. The van der Waals surface area contributed by atoms with Crippen LogP contribution in [-0.2, 0) is 4.74 Å². The molecule has 25 heavy (non-hydrogen) atoms. The van der Waals surface area contributed by atoms with E-state index in [1.807, 2.05) is 18.9 Å². The first-order chi connectivity index (χ1) is 12.3. The van der Waals surface area contributed by atoms with Crippen molar-refractivity contribution in [2.45, 2.75) is 28.2 Å². The van der Waals surface area contributed by atoms with Gasteiger partial charge in [0, 0.05) is 23.4 Å². The van der Waals surface area contributed by atoms with Crippen molar-refractivity contribution in [2.24, 2.45) is 5.92 Å². The predicted molar refractivity (Wildman–Crippen MR) is 103 cm³/mol. The number of ether oxygens (including phenoxy) is 1. The zero-order chi connectivity index (χ0) is 16.9. The van der Waals surface area contributed by atoms with E-state index in [1.165, 1.54) is 47.1 Å². The molecule has 4 aliphatic rings. The number of anilines is 2. The van der Waals surface area contributed by atoms with Crippen LogP contribution < -0.4 is 4.90 Å². The van der Waals surface area contributed by atoms with Crippen molar-refractivity contribution in [3.63, 3.8) is 0 Å². The maximum atomic E-state index is 6.26. The summed E-state index contributed by atoms with van der Waals surface area (Å²) in [5.41, 5.74) is 2.57. The summed E-state index contributed by atoms with van der Waals surface area (Å²) < 4.78 is 6.26. The Balaban J connectivity index is 1.57. The van der Waals surface area contributed by atoms with Crippen LogP contribution in [0, 0.1) is 5.92 Å². The number of hydrogen-bond donors (Lipinski definition) is 0. The van der Waals surface area contributed by atoms with Crippen molar-refractivity contribution in [2.75, 3.05) is 38.2 Å². The molecule has 0 aromatic heterocycles. The first-order valence-corrected chi connectivity index (χ1v) is 10.0. The van der Waals surface area contributed by atoms with Gasteiger partial charge in [-0.3, -0.25) is 0 Å². The molecule has 3 saturated heterocycles. The lowest BCUT2D eigenvalue weighted by atomic mass is 9.74. The van der Waals surface area contributed by atoms with Crippen molar-refractivity contribution in [1.29, 1.82) is 0 Å². The average Bonchev–Trinajstić information content (AvgIpc) is 2.68. The number of rotatable bonds is 3. The SMILES string of the molecule is COC1(CN2c3ccccc3Sc3ccccc32)CN2CCC1CC2. The van der Waals surface area contributed by atoms with Gasteiger partial charge in [0.25, 0.3) is 0 Å². The van der Waals surface area contributed by atoms with Crippen LogP contribution in [0.2, 0.25) is 0 Å². The normalized spacial score (nSPS) is 30.0. The zero-order valence-electron chi connectivity index (χ0n) is 14.6. The third-order valence-corrected chi connectivity index (χ3v) is 7.32. The Morgan fingerprint density at radius 2 is 1.60 bits per heavy atom. The van der Waals surface area contributed by atoms with E-state index < -0.39 is 0 Å². The number of nitrogens with zero attached hydrogens (tertiary/aromatic N) is 2. The van der Waals surface area contributed by atoms with E-state index in [9.17, 15) is 0 Å². The highest BCUT2D eigenvalue weighted by Crippen LogP contribution is 2.50. The number of fused-ring (bicyclic) bond motifs is 5. The minimum atomic E-state index is -0.0707. The Morgan fingerprint density at radius 3 is 2.12 bits per heavy atom. The molecule has 0 radical (unpaired) electrons. The topological polar surface area (TPSA) is 15.7 Å². The second-order valence-electron chi connectivity index (χ2n) is 7.44. The third-order valence-electron chi connectivity index (χ3n) is 6.19. The van der Waals surface area contributed by atoms with Gasteiger partial charge in [-0.05, 0) is 56.1 Å². The van der Waals surface area contributed by atoms with Gasteiger partial charge in [0.2, 0.25) is 0 Å². The lowest BCUT2D eigenvalue weighted by molar-refractivity contribution is -0.128. The summed E-state index contributed by atoms with van der Waals surface area (Å²) in [5.74, 6) is 0.663. The van der Waals surface area contributed by atoms with E-state index >= 15 is 0 Å². The monoisotopic (exact) mass is 352 g/mol. The van der Waals surface area contributed by atoms with Gasteiger partial charge in [-0.25, -0.2) is 0 Å². The number of methoxy groups -OCH3 is 1.